The normalized spacial score (nSPS) is 18.6. The Labute approximate surface area is 176 Å². The lowest BCUT2D eigenvalue weighted by molar-refractivity contribution is -0.113. The Morgan fingerprint density at radius 3 is 2.29 bits per heavy atom. The van der Waals surface area contributed by atoms with Crippen molar-refractivity contribution in [2.75, 3.05) is 22.9 Å². The molecule has 0 bridgehead atoms. The van der Waals surface area contributed by atoms with Gasteiger partial charge in [0.15, 0.2) is 4.32 Å². The van der Waals surface area contributed by atoms with Crippen molar-refractivity contribution < 1.29 is 4.79 Å². The van der Waals surface area contributed by atoms with Gasteiger partial charge in [0.2, 0.25) is 0 Å². The van der Waals surface area contributed by atoms with Crippen LogP contribution in [0.25, 0.3) is 6.08 Å². The standard InChI is InChI=1S/C23H24N2OS2/c1-15-6-8-20(12-16(15)2)25-22(26)21(28-23(25)27)14-18-7-9-19(13-17(18)3)24-10-4-5-11-24/h6-9,12-14H,4-5,10-11H2,1-3H3/b21-14-. The summed E-state index contributed by atoms with van der Waals surface area (Å²) in [6.45, 7) is 8.49. The van der Waals surface area contributed by atoms with Gasteiger partial charge in [-0.25, -0.2) is 0 Å². The molecule has 3 nitrogen and oxygen atoms in total. The van der Waals surface area contributed by atoms with Crippen LogP contribution >= 0.6 is 24.0 Å². The number of benzene rings is 2. The van der Waals surface area contributed by atoms with Gasteiger partial charge in [-0.2, -0.15) is 0 Å². The van der Waals surface area contributed by atoms with Crippen LogP contribution < -0.4 is 9.80 Å². The molecule has 2 aromatic rings. The molecule has 1 amide bonds. The molecule has 2 saturated heterocycles. The highest BCUT2D eigenvalue weighted by atomic mass is 32.2. The van der Waals surface area contributed by atoms with E-state index in [2.05, 4.69) is 43.9 Å². The van der Waals surface area contributed by atoms with Gasteiger partial charge in [-0.1, -0.05) is 36.1 Å². The number of rotatable bonds is 3. The van der Waals surface area contributed by atoms with Gasteiger partial charge in [-0.05, 0) is 86.2 Å². The molecule has 2 aliphatic rings. The van der Waals surface area contributed by atoms with Crippen LogP contribution in [0.5, 0.6) is 0 Å². The summed E-state index contributed by atoms with van der Waals surface area (Å²) in [5, 5.41) is 0. The molecular formula is C23H24N2OS2. The Hall–Kier alpha value is -2.11. The maximum atomic E-state index is 13.0. The molecule has 2 aromatic carbocycles. The second-order valence-electron chi connectivity index (χ2n) is 7.52. The quantitative estimate of drug-likeness (QED) is 0.486. The molecule has 2 aliphatic heterocycles. The van der Waals surface area contributed by atoms with E-state index in [0.717, 1.165) is 29.9 Å². The lowest BCUT2D eigenvalue weighted by Crippen LogP contribution is -2.27. The van der Waals surface area contributed by atoms with E-state index < -0.39 is 0 Å². The average molecular weight is 409 g/mol. The molecule has 0 atom stereocenters. The fourth-order valence-electron chi connectivity index (χ4n) is 3.69. The van der Waals surface area contributed by atoms with Gasteiger partial charge in [0, 0.05) is 18.8 Å². The summed E-state index contributed by atoms with van der Waals surface area (Å²) >= 11 is 6.89. The first kappa shape index (κ1) is 19.2. The number of nitrogens with zero attached hydrogens (tertiary/aromatic N) is 2. The summed E-state index contributed by atoms with van der Waals surface area (Å²) in [7, 11) is 0. The minimum Gasteiger partial charge on any atom is -0.372 e. The highest BCUT2D eigenvalue weighted by Crippen LogP contribution is 2.37. The van der Waals surface area contributed by atoms with Gasteiger partial charge < -0.3 is 4.90 Å². The number of hydrogen-bond donors (Lipinski definition) is 0. The molecule has 0 aliphatic carbocycles. The van der Waals surface area contributed by atoms with Gasteiger partial charge in [0.1, 0.15) is 0 Å². The van der Waals surface area contributed by atoms with Crippen molar-refractivity contribution >= 4 is 51.7 Å². The van der Waals surface area contributed by atoms with Crippen LogP contribution in [0.4, 0.5) is 11.4 Å². The summed E-state index contributed by atoms with van der Waals surface area (Å²) in [5.41, 5.74) is 6.73. The third kappa shape index (κ3) is 3.61. The number of thioether (sulfide) groups is 1. The van der Waals surface area contributed by atoms with Crippen LogP contribution in [0.1, 0.15) is 35.1 Å². The maximum absolute atomic E-state index is 13.0. The summed E-state index contributed by atoms with van der Waals surface area (Å²) in [4.78, 5) is 17.8. The van der Waals surface area contributed by atoms with E-state index in [1.807, 2.05) is 24.3 Å². The van der Waals surface area contributed by atoms with Crippen LogP contribution in [-0.4, -0.2) is 23.3 Å². The van der Waals surface area contributed by atoms with Crippen molar-refractivity contribution in [2.24, 2.45) is 0 Å². The lowest BCUT2D eigenvalue weighted by atomic mass is 10.1. The largest absolute Gasteiger partial charge is 0.372 e. The fourth-order valence-corrected chi connectivity index (χ4v) is 4.98. The smallest absolute Gasteiger partial charge is 0.270 e. The second kappa shape index (κ2) is 7.72. The van der Waals surface area contributed by atoms with Crippen LogP contribution in [0.15, 0.2) is 41.3 Å². The van der Waals surface area contributed by atoms with Gasteiger partial charge in [0.25, 0.3) is 5.91 Å². The molecule has 0 aromatic heterocycles. The molecule has 2 heterocycles. The first-order valence-electron chi connectivity index (χ1n) is 9.65. The predicted octanol–water partition coefficient (Wildman–Crippen LogP) is 5.62. The summed E-state index contributed by atoms with van der Waals surface area (Å²) < 4.78 is 0.589. The van der Waals surface area contributed by atoms with Crippen molar-refractivity contribution in [3.8, 4) is 0 Å². The third-order valence-corrected chi connectivity index (χ3v) is 6.86. The fraction of sp³-hybridized carbons (Fsp3) is 0.304. The topological polar surface area (TPSA) is 23.6 Å². The van der Waals surface area contributed by atoms with Crippen LogP contribution in [0, 0.1) is 20.8 Å². The molecule has 144 valence electrons. The summed E-state index contributed by atoms with van der Waals surface area (Å²) in [6.07, 6.45) is 4.51. The van der Waals surface area contributed by atoms with Crippen molar-refractivity contribution in [3.05, 3.63) is 63.6 Å². The zero-order valence-corrected chi connectivity index (χ0v) is 18.1. The SMILES string of the molecule is Cc1ccc(N2C(=O)/C(=C/c3ccc(N4CCCC4)cc3C)SC2=S)cc1C. The van der Waals surface area contributed by atoms with E-state index in [1.165, 1.54) is 41.4 Å². The minimum atomic E-state index is -0.0405. The van der Waals surface area contributed by atoms with Crippen molar-refractivity contribution in [2.45, 2.75) is 33.6 Å². The number of carbonyl (C=O) groups is 1. The number of anilines is 2. The first-order valence-corrected chi connectivity index (χ1v) is 10.9. The molecule has 2 fully saturated rings. The summed E-state index contributed by atoms with van der Waals surface area (Å²) in [5.74, 6) is -0.0405. The number of hydrogen-bond acceptors (Lipinski definition) is 4. The summed E-state index contributed by atoms with van der Waals surface area (Å²) in [6, 6.07) is 12.5. The molecule has 0 N–H and O–H groups in total. The third-order valence-electron chi connectivity index (χ3n) is 5.55. The van der Waals surface area contributed by atoms with E-state index in [1.54, 1.807) is 4.90 Å². The Morgan fingerprint density at radius 1 is 0.929 bits per heavy atom. The number of carbonyl (C=O) groups excluding carboxylic acids is 1. The van der Waals surface area contributed by atoms with Gasteiger partial charge in [0.05, 0.1) is 10.6 Å². The van der Waals surface area contributed by atoms with E-state index in [-0.39, 0.29) is 5.91 Å². The van der Waals surface area contributed by atoms with E-state index in [9.17, 15) is 4.79 Å². The number of amides is 1. The molecule has 0 radical (unpaired) electrons. The zero-order valence-electron chi connectivity index (χ0n) is 16.5. The number of thiocarbonyl (C=S) groups is 1. The molecule has 5 heteroatoms. The Morgan fingerprint density at radius 2 is 1.61 bits per heavy atom. The van der Waals surface area contributed by atoms with Gasteiger partial charge >= 0.3 is 0 Å². The molecule has 0 unspecified atom stereocenters. The molecular weight excluding hydrogens is 384 g/mol. The van der Waals surface area contributed by atoms with Crippen LogP contribution in [0.3, 0.4) is 0 Å². The van der Waals surface area contributed by atoms with Crippen LogP contribution in [-0.2, 0) is 4.79 Å². The van der Waals surface area contributed by atoms with E-state index >= 15 is 0 Å². The molecule has 0 spiro atoms. The van der Waals surface area contributed by atoms with Crippen LogP contribution in [0.2, 0.25) is 0 Å². The predicted molar refractivity (Wildman–Crippen MR) is 124 cm³/mol. The zero-order chi connectivity index (χ0) is 19.8. The average Bonchev–Trinajstić information content (AvgIpc) is 3.28. The highest BCUT2D eigenvalue weighted by molar-refractivity contribution is 8.27. The Balaban J connectivity index is 1.61. The van der Waals surface area contributed by atoms with Crippen molar-refractivity contribution in [3.63, 3.8) is 0 Å². The maximum Gasteiger partial charge on any atom is 0.270 e. The van der Waals surface area contributed by atoms with E-state index in [0.29, 0.717) is 9.23 Å². The lowest BCUT2D eigenvalue weighted by Gasteiger charge is -2.18. The minimum absolute atomic E-state index is 0.0405. The van der Waals surface area contributed by atoms with Gasteiger partial charge in [-0.15, -0.1) is 0 Å². The molecule has 4 rings (SSSR count). The highest BCUT2D eigenvalue weighted by Gasteiger charge is 2.33. The monoisotopic (exact) mass is 408 g/mol. The van der Waals surface area contributed by atoms with Crippen molar-refractivity contribution in [1.82, 2.24) is 0 Å². The second-order valence-corrected chi connectivity index (χ2v) is 9.20. The Bertz CT molecular complexity index is 990. The molecule has 28 heavy (non-hydrogen) atoms. The number of aryl methyl sites for hydroxylation is 3. The van der Waals surface area contributed by atoms with E-state index in [4.69, 9.17) is 12.2 Å². The molecule has 0 saturated carbocycles. The van der Waals surface area contributed by atoms with Crippen molar-refractivity contribution in [1.29, 1.82) is 0 Å². The van der Waals surface area contributed by atoms with Gasteiger partial charge in [-0.3, -0.25) is 9.69 Å². The first-order chi connectivity index (χ1) is 13.4. The Kier molecular flexibility index (Phi) is 5.30.